The molecule has 2 aliphatic rings. The molecule has 1 saturated heterocycles. The lowest BCUT2D eigenvalue weighted by Crippen LogP contribution is -2.48. The van der Waals surface area contributed by atoms with Crippen LogP contribution >= 0.6 is 0 Å². The second-order valence-electron chi connectivity index (χ2n) is 4.68. The van der Waals surface area contributed by atoms with Crippen LogP contribution in [0.5, 0.6) is 0 Å². The number of hydrogen-bond donors (Lipinski definition) is 2. The van der Waals surface area contributed by atoms with E-state index in [0.29, 0.717) is 6.04 Å². The van der Waals surface area contributed by atoms with Crippen LogP contribution in [0.15, 0.2) is 0 Å². The molecule has 0 radical (unpaired) electrons. The molecule has 2 fully saturated rings. The molecule has 0 bridgehead atoms. The van der Waals surface area contributed by atoms with Gasteiger partial charge in [-0.25, -0.2) is 0 Å². The van der Waals surface area contributed by atoms with Crippen molar-refractivity contribution < 1.29 is 9.84 Å². The molecule has 1 heterocycles. The third-order valence-corrected chi connectivity index (χ3v) is 3.36. The van der Waals surface area contributed by atoms with Gasteiger partial charge in [-0.2, -0.15) is 0 Å². The summed E-state index contributed by atoms with van der Waals surface area (Å²) in [5.74, 6) is 0.782. The molecule has 0 amide bonds. The molecule has 0 aromatic carbocycles. The largest absolute Gasteiger partial charge is 0.392 e. The van der Waals surface area contributed by atoms with E-state index in [9.17, 15) is 5.11 Å². The van der Waals surface area contributed by atoms with Crippen LogP contribution in [0.25, 0.3) is 0 Å². The van der Waals surface area contributed by atoms with Crippen molar-refractivity contribution in [2.24, 2.45) is 5.92 Å². The SMILES string of the molecule is OC(CNC1COC1)CC1CCCC1. The summed E-state index contributed by atoms with van der Waals surface area (Å²) in [5.41, 5.74) is 0. The summed E-state index contributed by atoms with van der Waals surface area (Å²) in [6, 6.07) is 0.494. The smallest absolute Gasteiger partial charge is 0.0667 e. The Morgan fingerprint density at radius 3 is 2.57 bits per heavy atom. The minimum Gasteiger partial charge on any atom is -0.392 e. The van der Waals surface area contributed by atoms with Crippen molar-refractivity contribution in [2.75, 3.05) is 19.8 Å². The average Bonchev–Trinajstić information content (AvgIpc) is 2.54. The first kappa shape index (κ1) is 10.4. The van der Waals surface area contributed by atoms with Gasteiger partial charge in [-0.15, -0.1) is 0 Å². The predicted octanol–water partition coefficient (Wildman–Crippen LogP) is 0.916. The van der Waals surface area contributed by atoms with E-state index in [2.05, 4.69) is 5.32 Å². The summed E-state index contributed by atoms with van der Waals surface area (Å²) in [6.07, 6.45) is 6.20. The zero-order valence-corrected chi connectivity index (χ0v) is 8.74. The second kappa shape index (κ2) is 5.10. The zero-order valence-electron chi connectivity index (χ0n) is 8.74. The Hall–Kier alpha value is -0.120. The molecule has 3 nitrogen and oxygen atoms in total. The molecule has 3 heteroatoms. The van der Waals surface area contributed by atoms with E-state index >= 15 is 0 Å². The Balaban J connectivity index is 1.55. The number of nitrogens with one attached hydrogen (secondary N) is 1. The topological polar surface area (TPSA) is 41.5 Å². The van der Waals surface area contributed by atoms with E-state index in [0.717, 1.165) is 32.1 Å². The van der Waals surface area contributed by atoms with Crippen LogP contribution in [0.3, 0.4) is 0 Å². The van der Waals surface area contributed by atoms with Gasteiger partial charge in [0.15, 0.2) is 0 Å². The summed E-state index contributed by atoms with van der Waals surface area (Å²) in [5, 5.41) is 13.1. The Labute approximate surface area is 85.8 Å². The molecule has 14 heavy (non-hydrogen) atoms. The standard InChI is InChI=1S/C11H21NO2/c13-11(5-9-3-1-2-4-9)6-12-10-7-14-8-10/h9-13H,1-8H2. The number of aliphatic hydroxyl groups is 1. The number of hydrogen-bond acceptors (Lipinski definition) is 3. The summed E-state index contributed by atoms with van der Waals surface area (Å²) < 4.78 is 5.06. The molecule has 2 rings (SSSR count). The van der Waals surface area contributed by atoms with Crippen molar-refractivity contribution in [1.29, 1.82) is 0 Å². The maximum atomic E-state index is 9.77. The van der Waals surface area contributed by atoms with E-state index in [-0.39, 0.29) is 6.10 Å². The van der Waals surface area contributed by atoms with E-state index in [1.165, 1.54) is 25.7 Å². The van der Waals surface area contributed by atoms with Gasteiger partial charge >= 0.3 is 0 Å². The molecule has 0 aromatic rings. The number of aliphatic hydroxyl groups excluding tert-OH is 1. The molecule has 1 saturated carbocycles. The number of rotatable bonds is 5. The molecular weight excluding hydrogens is 178 g/mol. The van der Waals surface area contributed by atoms with Gasteiger partial charge in [-0.1, -0.05) is 25.7 Å². The monoisotopic (exact) mass is 199 g/mol. The minimum atomic E-state index is -0.154. The molecule has 2 N–H and O–H groups in total. The maximum absolute atomic E-state index is 9.77. The lowest BCUT2D eigenvalue weighted by molar-refractivity contribution is -0.0107. The lowest BCUT2D eigenvalue weighted by atomic mass is 10.00. The Kier molecular flexibility index (Phi) is 3.79. The minimum absolute atomic E-state index is 0.154. The first-order valence-electron chi connectivity index (χ1n) is 5.84. The van der Waals surface area contributed by atoms with Crippen LogP contribution in [0.1, 0.15) is 32.1 Å². The van der Waals surface area contributed by atoms with E-state index in [1.54, 1.807) is 0 Å². The Morgan fingerprint density at radius 2 is 2.00 bits per heavy atom. The van der Waals surface area contributed by atoms with Crippen LogP contribution in [0.2, 0.25) is 0 Å². The van der Waals surface area contributed by atoms with Crippen molar-refractivity contribution in [3.05, 3.63) is 0 Å². The summed E-state index contributed by atoms with van der Waals surface area (Å²) in [7, 11) is 0. The quantitative estimate of drug-likeness (QED) is 0.691. The highest BCUT2D eigenvalue weighted by atomic mass is 16.5. The molecule has 1 aliphatic carbocycles. The fourth-order valence-corrected chi connectivity index (χ4v) is 2.37. The van der Waals surface area contributed by atoms with Gasteiger partial charge < -0.3 is 15.2 Å². The fourth-order valence-electron chi connectivity index (χ4n) is 2.37. The Bertz CT molecular complexity index is 165. The fraction of sp³-hybridized carbons (Fsp3) is 1.00. The highest BCUT2D eigenvalue weighted by Crippen LogP contribution is 2.28. The van der Waals surface area contributed by atoms with Crippen molar-refractivity contribution in [3.63, 3.8) is 0 Å². The zero-order chi connectivity index (χ0) is 9.80. The van der Waals surface area contributed by atoms with Gasteiger partial charge in [0.2, 0.25) is 0 Å². The Morgan fingerprint density at radius 1 is 1.29 bits per heavy atom. The summed E-state index contributed by atoms with van der Waals surface area (Å²) in [6.45, 7) is 2.37. The molecule has 82 valence electrons. The van der Waals surface area contributed by atoms with E-state index in [1.807, 2.05) is 0 Å². The van der Waals surface area contributed by atoms with E-state index in [4.69, 9.17) is 4.74 Å². The summed E-state index contributed by atoms with van der Waals surface area (Å²) in [4.78, 5) is 0. The highest BCUT2D eigenvalue weighted by molar-refractivity contribution is 4.77. The van der Waals surface area contributed by atoms with Gasteiger partial charge in [-0.3, -0.25) is 0 Å². The van der Waals surface area contributed by atoms with E-state index < -0.39 is 0 Å². The first-order chi connectivity index (χ1) is 6.84. The van der Waals surface area contributed by atoms with Crippen LogP contribution in [-0.4, -0.2) is 37.0 Å². The highest BCUT2D eigenvalue weighted by Gasteiger charge is 2.21. The number of ether oxygens (including phenoxy) is 1. The first-order valence-corrected chi connectivity index (χ1v) is 5.84. The van der Waals surface area contributed by atoms with Crippen LogP contribution in [0.4, 0.5) is 0 Å². The molecule has 0 aromatic heterocycles. The van der Waals surface area contributed by atoms with Crippen LogP contribution in [-0.2, 0) is 4.74 Å². The molecule has 0 spiro atoms. The molecule has 1 unspecified atom stereocenters. The lowest BCUT2D eigenvalue weighted by Gasteiger charge is -2.28. The van der Waals surface area contributed by atoms with Gasteiger partial charge in [0, 0.05) is 6.54 Å². The predicted molar refractivity (Wildman–Crippen MR) is 55.2 cm³/mol. The summed E-state index contributed by atoms with van der Waals surface area (Å²) >= 11 is 0. The van der Waals surface area contributed by atoms with Gasteiger partial charge in [0.05, 0.1) is 25.4 Å². The van der Waals surface area contributed by atoms with Gasteiger partial charge in [0.1, 0.15) is 0 Å². The maximum Gasteiger partial charge on any atom is 0.0667 e. The van der Waals surface area contributed by atoms with Crippen LogP contribution < -0.4 is 5.32 Å². The second-order valence-corrected chi connectivity index (χ2v) is 4.68. The third-order valence-electron chi connectivity index (χ3n) is 3.36. The van der Waals surface area contributed by atoms with Crippen molar-refractivity contribution in [2.45, 2.75) is 44.2 Å². The third kappa shape index (κ3) is 2.94. The van der Waals surface area contributed by atoms with Crippen LogP contribution in [0, 0.1) is 5.92 Å². The van der Waals surface area contributed by atoms with Crippen molar-refractivity contribution in [1.82, 2.24) is 5.32 Å². The van der Waals surface area contributed by atoms with Crippen molar-refractivity contribution in [3.8, 4) is 0 Å². The van der Waals surface area contributed by atoms with Gasteiger partial charge in [-0.05, 0) is 12.3 Å². The van der Waals surface area contributed by atoms with Gasteiger partial charge in [0.25, 0.3) is 0 Å². The molecular formula is C11H21NO2. The van der Waals surface area contributed by atoms with Crippen molar-refractivity contribution >= 4 is 0 Å². The average molecular weight is 199 g/mol. The molecule has 1 atom stereocenters. The molecule has 1 aliphatic heterocycles. The normalized spacial score (nSPS) is 26.4.